The van der Waals surface area contributed by atoms with Gasteiger partial charge in [-0.05, 0) is 25.0 Å². The summed E-state index contributed by atoms with van der Waals surface area (Å²) in [5, 5.41) is 10.6. The Morgan fingerprint density at radius 1 is 1.29 bits per heavy atom. The van der Waals surface area contributed by atoms with E-state index in [4.69, 9.17) is 9.47 Å². The molecule has 4 rings (SSSR count). The summed E-state index contributed by atoms with van der Waals surface area (Å²) in [5.41, 5.74) is 0.974. The van der Waals surface area contributed by atoms with Gasteiger partial charge in [-0.3, -0.25) is 10.1 Å². The number of hydrogen-bond acceptors (Lipinski definition) is 6. The fourth-order valence-corrected chi connectivity index (χ4v) is 2.63. The van der Waals surface area contributed by atoms with Crippen molar-refractivity contribution in [2.24, 2.45) is 0 Å². The zero-order valence-corrected chi connectivity index (χ0v) is 11.0. The lowest BCUT2D eigenvalue weighted by molar-refractivity contribution is -0.385. The van der Waals surface area contributed by atoms with E-state index in [1.54, 1.807) is 0 Å². The molecule has 0 radical (unpaired) electrons. The minimum Gasteiger partial charge on any atom is -0.492 e. The van der Waals surface area contributed by atoms with Gasteiger partial charge in [0, 0.05) is 11.0 Å². The van der Waals surface area contributed by atoms with Gasteiger partial charge in [0.1, 0.15) is 23.9 Å². The Labute approximate surface area is 119 Å². The lowest BCUT2D eigenvalue weighted by atomic mass is 9.97. The predicted octanol–water partition coefficient (Wildman–Crippen LogP) is 2.60. The summed E-state index contributed by atoms with van der Waals surface area (Å²) in [7, 11) is 0. The Bertz CT molecular complexity index is 725. The fraction of sp³-hybridized carbons (Fsp3) is 0.286. The average molecular weight is 285 g/mol. The number of nitro groups is 1. The van der Waals surface area contributed by atoms with Crippen LogP contribution in [-0.4, -0.2) is 21.5 Å². The fourth-order valence-electron chi connectivity index (χ4n) is 2.63. The normalized spacial score (nSPS) is 17.1. The van der Waals surface area contributed by atoms with Crippen molar-refractivity contribution in [1.82, 2.24) is 9.97 Å². The molecular formula is C14H11N3O4. The number of ether oxygens (including phenoxy) is 2. The van der Waals surface area contributed by atoms with Gasteiger partial charge in [0.25, 0.3) is 0 Å². The standard InChI is InChI=1S/C14H11N3O4/c18-17(19)9-6-15-13(16-7-9)21-11-3-1-2-10-12(11)14(4-5-14)8-20-10/h1-3,6-7H,4-5,8H2. The Morgan fingerprint density at radius 3 is 2.71 bits per heavy atom. The molecule has 1 aliphatic carbocycles. The van der Waals surface area contributed by atoms with Gasteiger partial charge in [-0.25, -0.2) is 0 Å². The van der Waals surface area contributed by atoms with Crippen molar-refractivity contribution in [3.8, 4) is 17.5 Å². The maximum Gasteiger partial charge on any atom is 0.322 e. The van der Waals surface area contributed by atoms with Crippen molar-refractivity contribution < 1.29 is 14.4 Å². The summed E-state index contributed by atoms with van der Waals surface area (Å²) in [6.07, 6.45) is 4.44. The van der Waals surface area contributed by atoms with Gasteiger partial charge in [0.05, 0.1) is 11.5 Å². The molecular weight excluding hydrogens is 274 g/mol. The molecule has 2 heterocycles. The molecule has 1 aliphatic heterocycles. The van der Waals surface area contributed by atoms with Crippen LogP contribution in [0.25, 0.3) is 0 Å². The SMILES string of the molecule is O=[N+]([O-])c1cnc(Oc2cccc3c2C2(CC2)CO3)nc1. The minimum absolute atomic E-state index is 0.0761. The van der Waals surface area contributed by atoms with E-state index < -0.39 is 4.92 Å². The van der Waals surface area contributed by atoms with Crippen LogP contribution in [0.3, 0.4) is 0 Å². The van der Waals surface area contributed by atoms with Crippen molar-refractivity contribution in [3.05, 3.63) is 46.3 Å². The van der Waals surface area contributed by atoms with Crippen molar-refractivity contribution in [3.63, 3.8) is 0 Å². The summed E-state index contributed by atoms with van der Waals surface area (Å²) in [6.45, 7) is 0.684. The highest BCUT2D eigenvalue weighted by atomic mass is 16.6. The van der Waals surface area contributed by atoms with Gasteiger partial charge in [-0.2, -0.15) is 9.97 Å². The summed E-state index contributed by atoms with van der Waals surface area (Å²) in [4.78, 5) is 17.8. The van der Waals surface area contributed by atoms with Gasteiger partial charge in [-0.1, -0.05) is 6.07 Å². The lowest BCUT2D eigenvalue weighted by Crippen LogP contribution is -2.08. The summed E-state index contributed by atoms with van der Waals surface area (Å²) >= 11 is 0. The molecule has 1 aromatic heterocycles. The molecule has 106 valence electrons. The molecule has 0 amide bonds. The smallest absolute Gasteiger partial charge is 0.322 e. The minimum atomic E-state index is -0.545. The molecule has 0 saturated heterocycles. The molecule has 0 unspecified atom stereocenters. The Morgan fingerprint density at radius 2 is 2.05 bits per heavy atom. The Kier molecular flexibility index (Phi) is 2.38. The molecule has 0 bridgehead atoms. The Hall–Kier alpha value is -2.70. The molecule has 7 heteroatoms. The average Bonchev–Trinajstić information content (AvgIpc) is 3.16. The van der Waals surface area contributed by atoms with Gasteiger partial charge >= 0.3 is 11.7 Å². The van der Waals surface area contributed by atoms with Crippen LogP contribution in [-0.2, 0) is 5.41 Å². The number of hydrogen-bond donors (Lipinski definition) is 0. The van der Waals surface area contributed by atoms with E-state index in [2.05, 4.69) is 9.97 Å². The molecule has 0 atom stereocenters. The Balaban J connectivity index is 1.66. The molecule has 1 aromatic carbocycles. The van der Waals surface area contributed by atoms with E-state index in [-0.39, 0.29) is 17.1 Å². The van der Waals surface area contributed by atoms with Crippen LogP contribution >= 0.6 is 0 Å². The van der Waals surface area contributed by atoms with Crippen LogP contribution in [0, 0.1) is 10.1 Å². The molecule has 1 spiro atoms. The van der Waals surface area contributed by atoms with Gasteiger partial charge in [0.15, 0.2) is 0 Å². The van der Waals surface area contributed by atoms with E-state index in [1.165, 1.54) is 0 Å². The first-order valence-electron chi connectivity index (χ1n) is 6.59. The third kappa shape index (κ3) is 1.89. The van der Waals surface area contributed by atoms with E-state index >= 15 is 0 Å². The molecule has 2 aliphatic rings. The highest BCUT2D eigenvalue weighted by Crippen LogP contribution is 2.58. The van der Waals surface area contributed by atoms with Crippen LogP contribution < -0.4 is 9.47 Å². The second kappa shape index (κ2) is 4.15. The zero-order valence-electron chi connectivity index (χ0n) is 11.0. The third-order valence-electron chi connectivity index (χ3n) is 3.90. The highest BCUT2D eigenvalue weighted by molar-refractivity contribution is 5.56. The van der Waals surface area contributed by atoms with Crippen molar-refractivity contribution >= 4 is 5.69 Å². The summed E-state index contributed by atoms with van der Waals surface area (Å²) in [5.74, 6) is 1.50. The van der Waals surface area contributed by atoms with Crippen LogP contribution in [0.4, 0.5) is 5.69 Å². The van der Waals surface area contributed by atoms with E-state index in [0.29, 0.717) is 12.4 Å². The second-order valence-electron chi connectivity index (χ2n) is 5.28. The van der Waals surface area contributed by atoms with Crippen molar-refractivity contribution in [2.45, 2.75) is 18.3 Å². The van der Waals surface area contributed by atoms with Crippen molar-refractivity contribution in [2.75, 3.05) is 6.61 Å². The third-order valence-corrected chi connectivity index (χ3v) is 3.90. The first-order chi connectivity index (χ1) is 10.2. The number of benzene rings is 1. The molecule has 7 nitrogen and oxygen atoms in total. The van der Waals surface area contributed by atoms with E-state index in [9.17, 15) is 10.1 Å². The summed E-state index contributed by atoms with van der Waals surface area (Å²) in [6, 6.07) is 5.71. The molecule has 21 heavy (non-hydrogen) atoms. The number of fused-ring (bicyclic) bond motifs is 2. The molecule has 1 fully saturated rings. The van der Waals surface area contributed by atoms with Crippen LogP contribution in [0.5, 0.6) is 17.5 Å². The van der Waals surface area contributed by atoms with Gasteiger partial charge in [0.2, 0.25) is 0 Å². The number of rotatable bonds is 3. The predicted molar refractivity (Wildman–Crippen MR) is 71.6 cm³/mol. The molecule has 0 N–H and O–H groups in total. The first-order valence-corrected chi connectivity index (χ1v) is 6.59. The zero-order chi connectivity index (χ0) is 14.4. The van der Waals surface area contributed by atoms with Gasteiger partial charge < -0.3 is 9.47 Å². The van der Waals surface area contributed by atoms with E-state index in [1.807, 2.05) is 18.2 Å². The number of nitrogens with zero attached hydrogens (tertiary/aromatic N) is 3. The lowest BCUT2D eigenvalue weighted by Gasteiger charge is -2.11. The molecule has 2 aromatic rings. The van der Waals surface area contributed by atoms with Crippen LogP contribution in [0.2, 0.25) is 0 Å². The maximum atomic E-state index is 10.6. The highest BCUT2D eigenvalue weighted by Gasteiger charge is 2.52. The topological polar surface area (TPSA) is 87.4 Å². The first kappa shape index (κ1) is 12.1. The summed E-state index contributed by atoms with van der Waals surface area (Å²) < 4.78 is 11.4. The quantitative estimate of drug-likeness (QED) is 0.636. The monoisotopic (exact) mass is 285 g/mol. The number of aromatic nitrogens is 2. The van der Waals surface area contributed by atoms with Gasteiger partial charge in [-0.15, -0.1) is 0 Å². The van der Waals surface area contributed by atoms with Crippen molar-refractivity contribution in [1.29, 1.82) is 0 Å². The molecule has 1 saturated carbocycles. The second-order valence-corrected chi connectivity index (χ2v) is 5.28. The van der Waals surface area contributed by atoms with Crippen LogP contribution in [0.15, 0.2) is 30.6 Å². The maximum absolute atomic E-state index is 10.6. The largest absolute Gasteiger partial charge is 0.492 e. The van der Waals surface area contributed by atoms with E-state index in [0.717, 1.165) is 36.5 Å². The van der Waals surface area contributed by atoms with Crippen LogP contribution in [0.1, 0.15) is 18.4 Å².